The average molecular weight is 288 g/mol. The number of hydrogen-bond donors (Lipinski definition) is 2. The number of nitrogens with zero attached hydrogens (tertiary/aromatic N) is 2. The molecule has 3 rings (SSSR count). The number of rotatable bonds is 3. The van der Waals surface area contributed by atoms with Crippen molar-refractivity contribution in [3.63, 3.8) is 0 Å². The van der Waals surface area contributed by atoms with E-state index in [1.165, 1.54) is 4.88 Å². The van der Waals surface area contributed by atoms with E-state index in [4.69, 9.17) is 0 Å². The third-order valence-corrected chi connectivity index (χ3v) is 4.50. The van der Waals surface area contributed by atoms with Crippen molar-refractivity contribution in [1.82, 2.24) is 15.3 Å². The van der Waals surface area contributed by atoms with E-state index in [0.29, 0.717) is 16.6 Å². The van der Waals surface area contributed by atoms with Gasteiger partial charge in [-0.2, -0.15) is 0 Å². The number of pyridine rings is 1. The molecule has 0 saturated carbocycles. The fraction of sp³-hybridized carbons (Fsp3) is 0.357. The van der Waals surface area contributed by atoms with E-state index in [0.717, 1.165) is 25.9 Å². The molecule has 1 amide bonds. The van der Waals surface area contributed by atoms with Crippen molar-refractivity contribution in [1.29, 1.82) is 0 Å². The number of amides is 1. The van der Waals surface area contributed by atoms with Crippen molar-refractivity contribution in [3.8, 4) is 0 Å². The summed E-state index contributed by atoms with van der Waals surface area (Å²) in [6, 6.07) is 3.38. The first-order chi connectivity index (χ1) is 9.83. The topological polar surface area (TPSA) is 66.9 Å². The van der Waals surface area contributed by atoms with E-state index in [1.54, 1.807) is 35.9 Å². The Kier molecular flexibility index (Phi) is 4.03. The lowest BCUT2D eigenvalue weighted by Crippen LogP contribution is -2.26. The molecule has 20 heavy (non-hydrogen) atoms. The van der Waals surface area contributed by atoms with Gasteiger partial charge in [-0.05, 0) is 44.0 Å². The molecule has 3 heterocycles. The molecule has 0 aliphatic carbocycles. The molecule has 0 unspecified atom stereocenters. The Morgan fingerprint density at radius 3 is 2.80 bits per heavy atom. The van der Waals surface area contributed by atoms with Crippen LogP contribution in [0.15, 0.2) is 30.7 Å². The predicted molar refractivity (Wildman–Crippen MR) is 79.1 cm³/mol. The SMILES string of the molecule is O=C(Nc1ncc(C2CCNCC2)s1)c1ccncc1. The number of carbonyl (C=O) groups is 1. The number of aromatic nitrogens is 2. The fourth-order valence-electron chi connectivity index (χ4n) is 2.31. The molecule has 0 spiro atoms. The molecule has 2 aromatic rings. The van der Waals surface area contributed by atoms with Gasteiger partial charge < -0.3 is 5.32 Å². The Bertz CT molecular complexity index is 578. The minimum absolute atomic E-state index is 0.140. The second-order valence-corrected chi connectivity index (χ2v) is 5.84. The summed E-state index contributed by atoms with van der Waals surface area (Å²) < 4.78 is 0. The molecule has 6 heteroatoms. The van der Waals surface area contributed by atoms with Crippen LogP contribution in [0.2, 0.25) is 0 Å². The monoisotopic (exact) mass is 288 g/mol. The van der Waals surface area contributed by atoms with Gasteiger partial charge in [-0.3, -0.25) is 15.1 Å². The summed E-state index contributed by atoms with van der Waals surface area (Å²) in [4.78, 5) is 21.5. The number of nitrogens with one attached hydrogen (secondary N) is 2. The van der Waals surface area contributed by atoms with Gasteiger partial charge in [0.15, 0.2) is 5.13 Å². The van der Waals surface area contributed by atoms with Gasteiger partial charge in [0.05, 0.1) is 0 Å². The highest BCUT2D eigenvalue weighted by Gasteiger charge is 2.18. The van der Waals surface area contributed by atoms with Crippen LogP contribution in [0.5, 0.6) is 0 Å². The van der Waals surface area contributed by atoms with Crippen LogP contribution in [-0.4, -0.2) is 29.0 Å². The Balaban J connectivity index is 1.66. The van der Waals surface area contributed by atoms with Gasteiger partial charge in [0.1, 0.15) is 0 Å². The molecule has 0 bridgehead atoms. The first-order valence-corrected chi connectivity index (χ1v) is 7.52. The van der Waals surface area contributed by atoms with Gasteiger partial charge >= 0.3 is 0 Å². The predicted octanol–water partition coefficient (Wildman–Crippen LogP) is 2.26. The molecule has 1 aliphatic rings. The zero-order chi connectivity index (χ0) is 13.8. The fourth-order valence-corrected chi connectivity index (χ4v) is 3.29. The van der Waals surface area contributed by atoms with Crippen LogP contribution in [0.25, 0.3) is 0 Å². The summed E-state index contributed by atoms with van der Waals surface area (Å²) in [7, 11) is 0. The average Bonchev–Trinajstić information content (AvgIpc) is 2.97. The molecule has 0 aromatic carbocycles. The molecule has 2 aromatic heterocycles. The summed E-state index contributed by atoms with van der Waals surface area (Å²) in [6.45, 7) is 2.11. The van der Waals surface area contributed by atoms with E-state index in [1.807, 2.05) is 6.20 Å². The van der Waals surface area contributed by atoms with E-state index in [-0.39, 0.29) is 5.91 Å². The highest BCUT2D eigenvalue weighted by atomic mass is 32.1. The summed E-state index contributed by atoms with van der Waals surface area (Å²) in [5.41, 5.74) is 0.596. The lowest BCUT2D eigenvalue weighted by atomic mass is 9.97. The quantitative estimate of drug-likeness (QED) is 0.909. The molecular formula is C14H16N4OS. The summed E-state index contributed by atoms with van der Waals surface area (Å²) >= 11 is 1.58. The number of thiazole rings is 1. The summed E-state index contributed by atoms with van der Waals surface area (Å²) in [5, 5.41) is 6.86. The number of piperidine rings is 1. The van der Waals surface area contributed by atoms with Gasteiger partial charge in [0.25, 0.3) is 5.91 Å². The van der Waals surface area contributed by atoms with Gasteiger partial charge in [0, 0.05) is 29.0 Å². The van der Waals surface area contributed by atoms with Crippen LogP contribution in [0, 0.1) is 0 Å². The third kappa shape index (κ3) is 3.02. The Hall–Kier alpha value is -1.79. The molecule has 0 atom stereocenters. The van der Waals surface area contributed by atoms with Crippen LogP contribution in [0.1, 0.15) is 34.0 Å². The molecule has 104 valence electrons. The molecule has 1 aliphatic heterocycles. The zero-order valence-electron chi connectivity index (χ0n) is 11.0. The van der Waals surface area contributed by atoms with Crippen molar-refractivity contribution < 1.29 is 4.79 Å². The lowest BCUT2D eigenvalue weighted by molar-refractivity contribution is 0.102. The van der Waals surface area contributed by atoms with Crippen LogP contribution >= 0.6 is 11.3 Å². The van der Waals surface area contributed by atoms with Gasteiger partial charge in [0.2, 0.25) is 0 Å². The second-order valence-electron chi connectivity index (χ2n) is 4.78. The van der Waals surface area contributed by atoms with Gasteiger partial charge in [-0.1, -0.05) is 0 Å². The molecular weight excluding hydrogens is 272 g/mol. The number of carbonyl (C=O) groups excluding carboxylic acids is 1. The van der Waals surface area contributed by atoms with E-state index in [9.17, 15) is 4.79 Å². The van der Waals surface area contributed by atoms with Crippen LogP contribution in [-0.2, 0) is 0 Å². The maximum Gasteiger partial charge on any atom is 0.257 e. The summed E-state index contributed by atoms with van der Waals surface area (Å²) in [5.74, 6) is 0.430. The zero-order valence-corrected chi connectivity index (χ0v) is 11.8. The Labute approximate surface area is 121 Å². The van der Waals surface area contributed by atoms with Gasteiger partial charge in [-0.25, -0.2) is 4.98 Å². The van der Waals surface area contributed by atoms with E-state index >= 15 is 0 Å². The van der Waals surface area contributed by atoms with E-state index in [2.05, 4.69) is 20.6 Å². The van der Waals surface area contributed by atoms with Crippen molar-refractivity contribution in [2.45, 2.75) is 18.8 Å². The van der Waals surface area contributed by atoms with Crippen molar-refractivity contribution in [2.24, 2.45) is 0 Å². The second kappa shape index (κ2) is 6.11. The van der Waals surface area contributed by atoms with Crippen LogP contribution in [0.4, 0.5) is 5.13 Å². The minimum atomic E-state index is -0.140. The van der Waals surface area contributed by atoms with Crippen LogP contribution in [0.3, 0.4) is 0 Å². The molecule has 1 saturated heterocycles. The maximum atomic E-state index is 12.0. The molecule has 2 N–H and O–H groups in total. The maximum absolute atomic E-state index is 12.0. The smallest absolute Gasteiger partial charge is 0.257 e. The van der Waals surface area contributed by atoms with Crippen LogP contribution < -0.4 is 10.6 Å². The number of hydrogen-bond acceptors (Lipinski definition) is 5. The highest BCUT2D eigenvalue weighted by molar-refractivity contribution is 7.15. The molecule has 0 radical (unpaired) electrons. The minimum Gasteiger partial charge on any atom is -0.317 e. The normalized spacial score (nSPS) is 16.0. The number of anilines is 1. The van der Waals surface area contributed by atoms with E-state index < -0.39 is 0 Å². The Morgan fingerprint density at radius 2 is 2.05 bits per heavy atom. The summed E-state index contributed by atoms with van der Waals surface area (Å²) in [6.07, 6.45) is 7.39. The Morgan fingerprint density at radius 1 is 1.30 bits per heavy atom. The first-order valence-electron chi connectivity index (χ1n) is 6.71. The molecule has 1 fully saturated rings. The largest absolute Gasteiger partial charge is 0.317 e. The van der Waals surface area contributed by atoms with Crippen molar-refractivity contribution in [3.05, 3.63) is 41.2 Å². The third-order valence-electron chi connectivity index (χ3n) is 3.43. The standard InChI is InChI=1S/C14H16N4OS/c19-13(11-3-7-16-8-4-11)18-14-17-9-12(20-14)10-1-5-15-6-2-10/h3-4,7-10,15H,1-2,5-6H2,(H,17,18,19). The van der Waals surface area contributed by atoms with Crippen molar-refractivity contribution in [2.75, 3.05) is 18.4 Å². The highest BCUT2D eigenvalue weighted by Crippen LogP contribution is 2.31. The first kappa shape index (κ1) is 13.2. The van der Waals surface area contributed by atoms with Crippen molar-refractivity contribution >= 4 is 22.4 Å². The van der Waals surface area contributed by atoms with Gasteiger partial charge in [-0.15, -0.1) is 11.3 Å². The molecule has 5 nitrogen and oxygen atoms in total. The lowest BCUT2D eigenvalue weighted by Gasteiger charge is -2.20.